The summed E-state index contributed by atoms with van der Waals surface area (Å²) in [7, 11) is 0. The fourth-order valence-corrected chi connectivity index (χ4v) is 3.70. The number of carbonyl (C=O) groups is 1. The first kappa shape index (κ1) is 16.9. The van der Waals surface area contributed by atoms with Crippen LogP contribution in [0.3, 0.4) is 0 Å². The van der Waals surface area contributed by atoms with Crippen molar-refractivity contribution >= 4 is 34.9 Å². The number of aromatic carboxylic acids is 1. The van der Waals surface area contributed by atoms with Crippen molar-refractivity contribution < 1.29 is 9.90 Å². The predicted molar refractivity (Wildman–Crippen MR) is 95.3 cm³/mol. The Morgan fingerprint density at radius 2 is 2.05 bits per heavy atom. The van der Waals surface area contributed by atoms with Crippen LogP contribution in [0.2, 0.25) is 0 Å². The highest BCUT2D eigenvalue weighted by Gasteiger charge is 2.16. The minimum absolute atomic E-state index is 0.129. The molecule has 0 amide bonds. The second-order valence-corrected chi connectivity index (χ2v) is 7.86. The molecule has 1 heterocycles. The molecule has 5 heteroatoms. The number of thiophene rings is 1. The lowest BCUT2D eigenvalue weighted by atomic mass is 9.86. The molecule has 0 saturated carbocycles. The summed E-state index contributed by atoms with van der Waals surface area (Å²) in [6, 6.07) is 8.31. The van der Waals surface area contributed by atoms with E-state index in [1.807, 2.05) is 0 Å². The van der Waals surface area contributed by atoms with Gasteiger partial charge in [0.25, 0.3) is 0 Å². The second kappa shape index (κ2) is 6.75. The third kappa shape index (κ3) is 3.84. The van der Waals surface area contributed by atoms with Gasteiger partial charge in [-0.15, -0.1) is 11.3 Å². The summed E-state index contributed by atoms with van der Waals surface area (Å²) in [4.78, 5) is 12.6. The molecule has 2 aromatic rings. The predicted octanol–water partition coefficient (Wildman–Crippen LogP) is 5.43. The number of rotatable bonds is 5. The molecule has 1 aromatic heterocycles. The molecular formula is C17H21NO2S2. The van der Waals surface area contributed by atoms with E-state index in [0.717, 1.165) is 11.3 Å². The molecule has 0 aliphatic carbocycles. The maximum absolute atomic E-state index is 11.1. The zero-order valence-corrected chi connectivity index (χ0v) is 14.9. The SMILES string of the molecule is CCc1cc(C(C)(C)C)ccc1SNc1ccsc1C(=O)O. The van der Waals surface area contributed by atoms with Crippen molar-refractivity contribution in [3.05, 3.63) is 45.6 Å². The molecule has 0 aliphatic heterocycles. The van der Waals surface area contributed by atoms with Gasteiger partial charge in [-0.05, 0) is 52.4 Å². The van der Waals surface area contributed by atoms with Crippen molar-refractivity contribution in [2.75, 3.05) is 4.72 Å². The molecule has 1 aromatic carbocycles. The van der Waals surface area contributed by atoms with Crippen LogP contribution >= 0.6 is 23.3 Å². The van der Waals surface area contributed by atoms with E-state index >= 15 is 0 Å². The van der Waals surface area contributed by atoms with Gasteiger partial charge in [-0.25, -0.2) is 4.79 Å². The van der Waals surface area contributed by atoms with Crippen molar-refractivity contribution in [3.63, 3.8) is 0 Å². The largest absolute Gasteiger partial charge is 0.477 e. The molecule has 0 atom stereocenters. The van der Waals surface area contributed by atoms with Gasteiger partial charge >= 0.3 is 5.97 Å². The number of anilines is 1. The molecule has 2 rings (SSSR count). The molecule has 0 unspecified atom stereocenters. The molecule has 0 fully saturated rings. The molecule has 3 nitrogen and oxygen atoms in total. The van der Waals surface area contributed by atoms with E-state index in [9.17, 15) is 4.79 Å². The number of carboxylic acid groups (broad SMARTS) is 1. The van der Waals surface area contributed by atoms with Crippen LogP contribution in [0.4, 0.5) is 5.69 Å². The van der Waals surface area contributed by atoms with Gasteiger partial charge in [0, 0.05) is 4.90 Å². The Bertz CT molecular complexity index is 672. The molecule has 0 bridgehead atoms. The van der Waals surface area contributed by atoms with Crippen LogP contribution in [0, 0.1) is 0 Å². The molecule has 0 radical (unpaired) electrons. The summed E-state index contributed by atoms with van der Waals surface area (Å²) < 4.78 is 3.17. The maximum Gasteiger partial charge on any atom is 0.348 e. The van der Waals surface area contributed by atoms with E-state index in [0.29, 0.717) is 10.6 Å². The Labute approximate surface area is 139 Å². The zero-order valence-electron chi connectivity index (χ0n) is 13.3. The van der Waals surface area contributed by atoms with E-state index < -0.39 is 5.97 Å². The van der Waals surface area contributed by atoms with E-state index in [1.165, 1.54) is 34.4 Å². The highest BCUT2D eigenvalue weighted by atomic mass is 32.2. The van der Waals surface area contributed by atoms with Crippen molar-refractivity contribution in [3.8, 4) is 0 Å². The Kier molecular flexibility index (Phi) is 5.19. The average molecular weight is 335 g/mol. The van der Waals surface area contributed by atoms with Crippen LogP contribution in [-0.4, -0.2) is 11.1 Å². The summed E-state index contributed by atoms with van der Waals surface area (Å²) in [5, 5.41) is 10.9. The number of aryl methyl sites for hydroxylation is 1. The van der Waals surface area contributed by atoms with Gasteiger partial charge in [-0.1, -0.05) is 39.8 Å². The fraction of sp³-hybridized carbons (Fsp3) is 0.353. The summed E-state index contributed by atoms with van der Waals surface area (Å²) >= 11 is 2.71. The van der Waals surface area contributed by atoms with Crippen LogP contribution in [0.25, 0.3) is 0 Å². The summed E-state index contributed by atoms with van der Waals surface area (Å²) in [5.41, 5.74) is 3.38. The third-order valence-corrected chi connectivity index (χ3v) is 5.28. The first-order valence-corrected chi connectivity index (χ1v) is 8.89. The normalized spacial score (nSPS) is 11.5. The lowest BCUT2D eigenvalue weighted by Gasteiger charge is -2.21. The molecule has 0 saturated heterocycles. The molecule has 22 heavy (non-hydrogen) atoms. The van der Waals surface area contributed by atoms with Crippen molar-refractivity contribution in [2.24, 2.45) is 0 Å². The Balaban J connectivity index is 2.19. The smallest absolute Gasteiger partial charge is 0.348 e. The van der Waals surface area contributed by atoms with E-state index in [4.69, 9.17) is 5.11 Å². The van der Waals surface area contributed by atoms with Gasteiger partial charge in [0.15, 0.2) is 0 Å². The van der Waals surface area contributed by atoms with Crippen LogP contribution in [0.5, 0.6) is 0 Å². The van der Waals surface area contributed by atoms with Gasteiger partial charge in [0.1, 0.15) is 4.88 Å². The Hall–Kier alpha value is -1.46. The molecule has 0 spiro atoms. The van der Waals surface area contributed by atoms with E-state index in [-0.39, 0.29) is 5.41 Å². The average Bonchev–Trinajstić information content (AvgIpc) is 2.92. The second-order valence-electron chi connectivity index (χ2n) is 6.10. The zero-order chi connectivity index (χ0) is 16.3. The standard InChI is InChI=1S/C17H21NO2S2/c1-5-11-10-12(17(2,3)4)6-7-14(11)22-18-13-8-9-21-15(13)16(19)20/h6-10,18H,5H2,1-4H3,(H,19,20). The Morgan fingerprint density at radius 3 is 2.64 bits per heavy atom. The lowest BCUT2D eigenvalue weighted by molar-refractivity contribution is 0.0703. The summed E-state index contributed by atoms with van der Waals surface area (Å²) in [6.45, 7) is 8.76. The number of hydrogen-bond donors (Lipinski definition) is 2. The van der Waals surface area contributed by atoms with Gasteiger partial charge in [-0.2, -0.15) is 0 Å². The first-order valence-electron chi connectivity index (χ1n) is 7.20. The van der Waals surface area contributed by atoms with E-state index in [2.05, 4.69) is 50.6 Å². The fourth-order valence-electron chi connectivity index (χ4n) is 2.09. The van der Waals surface area contributed by atoms with E-state index in [1.54, 1.807) is 11.4 Å². The van der Waals surface area contributed by atoms with Gasteiger partial charge in [0.05, 0.1) is 5.69 Å². The Morgan fingerprint density at radius 1 is 1.32 bits per heavy atom. The highest BCUT2D eigenvalue weighted by Crippen LogP contribution is 2.32. The number of nitrogens with one attached hydrogen (secondary N) is 1. The third-order valence-electron chi connectivity index (χ3n) is 3.44. The molecule has 118 valence electrons. The van der Waals surface area contributed by atoms with Gasteiger partial charge in [0.2, 0.25) is 0 Å². The van der Waals surface area contributed by atoms with Crippen molar-refractivity contribution in [2.45, 2.75) is 44.4 Å². The van der Waals surface area contributed by atoms with Crippen LogP contribution in [0.1, 0.15) is 48.5 Å². The van der Waals surface area contributed by atoms with Crippen LogP contribution < -0.4 is 4.72 Å². The number of hydrogen-bond acceptors (Lipinski definition) is 4. The summed E-state index contributed by atoms with van der Waals surface area (Å²) in [6.07, 6.45) is 0.948. The maximum atomic E-state index is 11.1. The molecular weight excluding hydrogens is 314 g/mol. The molecule has 0 aliphatic rings. The lowest BCUT2D eigenvalue weighted by Crippen LogP contribution is -2.11. The quantitative estimate of drug-likeness (QED) is 0.716. The highest BCUT2D eigenvalue weighted by molar-refractivity contribution is 8.00. The topological polar surface area (TPSA) is 49.3 Å². The summed E-state index contributed by atoms with van der Waals surface area (Å²) in [5.74, 6) is -0.892. The van der Waals surface area contributed by atoms with Crippen molar-refractivity contribution in [1.82, 2.24) is 0 Å². The number of carboxylic acids is 1. The number of benzene rings is 1. The minimum Gasteiger partial charge on any atom is -0.477 e. The monoisotopic (exact) mass is 335 g/mol. The van der Waals surface area contributed by atoms with Crippen LogP contribution in [-0.2, 0) is 11.8 Å². The van der Waals surface area contributed by atoms with Crippen molar-refractivity contribution in [1.29, 1.82) is 0 Å². The van der Waals surface area contributed by atoms with Crippen LogP contribution in [0.15, 0.2) is 34.5 Å². The first-order chi connectivity index (χ1) is 10.3. The van der Waals surface area contributed by atoms with Gasteiger partial charge in [-0.3, -0.25) is 0 Å². The molecule has 2 N–H and O–H groups in total. The van der Waals surface area contributed by atoms with Gasteiger partial charge < -0.3 is 9.83 Å². The minimum atomic E-state index is -0.892.